The molecule has 2 rings (SSSR count). The lowest BCUT2D eigenvalue weighted by molar-refractivity contribution is -0.133. The van der Waals surface area contributed by atoms with Gasteiger partial charge in [0, 0.05) is 30.6 Å². The summed E-state index contributed by atoms with van der Waals surface area (Å²) in [5, 5.41) is 9.96. The first kappa shape index (κ1) is 21.0. The summed E-state index contributed by atoms with van der Waals surface area (Å²) in [6.07, 6.45) is 4.40. The zero-order valence-electron chi connectivity index (χ0n) is 16.6. The summed E-state index contributed by atoms with van der Waals surface area (Å²) in [6.45, 7) is 9.73. The Morgan fingerprint density at radius 3 is 3.00 bits per heavy atom. The molecule has 0 spiro atoms. The second-order valence-corrected chi connectivity index (χ2v) is 7.05. The minimum Gasteiger partial charge on any atom is -0.508 e. The van der Waals surface area contributed by atoms with Gasteiger partial charge in [0.15, 0.2) is 0 Å². The maximum absolute atomic E-state index is 12.7. The third kappa shape index (κ3) is 6.10. The van der Waals surface area contributed by atoms with Crippen molar-refractivity contribution in [1.29, 1.82) is 0 Å². The molecule has 1 aromatic carbocycles. The molecule has 0 aliphatic carbocycles. The fourth-order valence-corrected chi connectivity index (χ4v) is 3.29. The number of benzene rings is 1. The lowest BCUT2D eigenvalue weighted by Gasteiger charge is -2.27. The number of phenols is 1. The summed E-state index contributed by atoms with van der Waals surface area (Å²) in [5.74, 6) is 1.07. The van der Waals surface area contributed by atoms with Crippen LogP contribution in [0.1, 0.15) is 32.3 Å². The molecule has 0 aromatic heterocycles. The summed E-state index contributed by atoms with van der Waals surface area (Å²) in [5.41, 5.74) is 1.56. The molecule has 1 aliphatic heterocycles. The number of allylic oxidation sites excluding steroid dienone is 1. The summed E-state index contributed by atoms with van der Waals surface area (Å²) in [4.78, 5) is 20.7. The molecule has 1 fully saturated rings. The van der Waals surface area contributed by atoms with E-state index in [1.807, 2.05) is 36.8 Å². The molecule has 1 amide bonds. The molecule has 1 saturated heterocycles. The molecule has 1 N–H and O–H groups in total. The highest BCUT2D eigenvalue weighted by Gasteiger charge is 2.29. The standard InChI is InChI=1S/C21H31N3O3/c1-5-18-19(25)9-6-10-20(18)27-15-17-8-7-12-24(17)21(26)14-23(4)13-11-22-16(2)3/h6,9-11,17,25H,2,5,7-8,12-15H2,1,3-4H3/b22-11-/t17-/m0/s1. The van der Waals surface area contributed by atoms with Crippen molar-refractivity contribution in [2.45, 2.75) is 39.2 Å². The van der Waals surface area contributed by atoms with Crippen molar-refractivity contribution < 1.29 is 14.6 Å². The van der Waals surface area contributed by atoms with E-state index in [-0.39, 0.29) is 17.7 Å². The van der Waals surface area contributed by atoms with Gasteiger partial charge in [-0.25, -0.2) is 0 Å². The van der Waals surface area contributed by atoms with E-state index in [4.69, 9.17) is 4.74 Å². The number of aliphatic imine (C=N–C) groups is 1. The fraction of sp³-hybridized carbons (Fsp3) is 0.524. The predicted octanol–water partition coefficient (Wildman–Crippen LogP) is 2.86. The summed E-state index contributed by atoms with van der Waals surface area (Å²) >= 11 is 0. The normalized spacial score (nSPS) is 17.0. The monoisotopic (exact) mass is 373 g/mol. The fourth-order valence-electron chi connectivity index (χ4n) is 3.29. The van der Waals surface area contributed by atoms with Crippen LogP contribution in [0.3, 0.4) is 0 Å². The first-order valence-electron chi connectivity index (χ1n) is 9.52. The van der Waals surface area contributed by atoms with Gasteiger partial charge < -0.3 is 14.7 Å². The smallest absolute Gasteiger partial charge is 0.237 e. The molecule has 1 atom stereocenters. The third-order valence-corrected chi connectivity index (χ3v) is 4.70. The van der Waals surface area contributed by atoms with E-state index in [1.54, 1.807) is 18.3 Å². The second-order valence-electron chi connectivity index (χ2n) is 7.05. The van der Waals surface area contributed by atoms with Crippen LogP contribution in [0.2, 0.25) is 0 Å². The Morgan fingerprint density at radius 2 is 2.30 bits per heavy atom. The number of nitrogens with zero attached hydrogens (tertiary/aromatic N) is 3. The van der Waals surface area contributed by atoms with Crippen LogP contribution in [-0.4, -0.2) is 66.4 Å². The number of aromatic hydroxyl groups is 1. The molecule has 6 heteroatoms. The molecule has 1 heterocycles. The lowest BCUT2D eigenvalue weighted by atomic mass is 10.1. The van der Waals surface area contributed by atoms with Crippen molar-refractivity contribution >= 4 is 12.1 Å². The van der Waals surface area contributed by atoms with Crippen LogP contribution in [0.5, 0.6) is 11.5 Å². The van der Waals surface area contributed by atoms with Crippen molar-refractivity contribution in [2.24, 2.45) is 4.99 Å². The van der Waals surface area contributed by atoms with Gasteiger partial charge in [0.05, 0.1) is 12.6 Å². The maximum Gasteiger partial charge on any atom is 0.237 e. The molecular formula is C21H31N3O3. The number of phenolic OH excluding ortho intramolecular Hbond substituents is 1. The van der Waals surface area contributed by atoms with Crippen molar-refractivity contribution in [3.05, 3.63) is 36.0 Å². The van der Waals surface area contributed by atoms with Gasteiger partial charge in [-0.2, -0.15) is 0 Å². The first-order valence-corrected chi connectivity index (χ1v) is 9.52. The van der Waals surface area contributed by atoms with Crippen LogP contribution in [0.15, 0.2) is 35.5 Å². The predicted molar refractivity (Wildman–Crippen MR) is 109 cm³/mol. The van der Waals surface area contributed by atoms with Crippen molar-refractivity contribution in [3.8, 4) is 11.5 Å². The Kier molecular flexibility index (Phi) is 7.85. The Morgan fingerprint density at radius 1 is 1.52 bits per heavy atom. The average Bonchev–Trinajstić information content (AvgIpc) is 3.08. The Labute approximate surface area is 162 Å². The zero-order valence-corrected chi connectivity index (χ0v) is 16.6. The number of rotatable bonds is 9. The van der Waals surface area contributed by atoms with E-state index in [2.05, 4.69) is 11.6 Å². The highest BCUT2D eigenvalue weighted by atomic mass is 16.5. The highest BCUT2D eigenvalue weighted by Crippen LogP contribution is 2.29. The molecule has 6 nitrogen and oxygen atoms in total. The molecule has 0 saturated carbocycles. The quantitative estimate of drug-likeness (QED) is 0.676. The van der Waals surface area contributed by atoms with E-state index in [9.17, 15) is 9.90 Å². The van der Waals surface area contributed by atoms with Gasteiger partial charge in [-0.15, -0.1) is 0 Å². The summed E-state index contributed by atoms with van der Waals surface area (Å²) in [6, 6.07) is 5.39. The van der Waals surface area contributed by atoms with Gasteiger partial charge in [-0.05, 0) is 45.4 Å². The number of carbonyl (C=O) groups excluding carboxylic acids is 1. The van der Waals surface area contributed by atoms with Gasteiger partial charge in [0.1, 0.15) is 18.1 Å². The second kappa shape index (κ2) is 10.1. The molecule has 0 unspecified atom stereocenters. The van der Waals surface area contributed by atoms with Crippen LogP contribution >= 0.6 is 0 Å². The van der Waals surface area contributed by atoms with Crippen LogP contribution in [0, 0.1) is 0 Å². The summed E-state index contributed by atoms with van der Waals surface area (Å²) < 4.78 is 5.97. The van der Waals surface area contributed by atoms with Gasteiger partial charge in [-0.1, -0.05) is 19.6 Å². The Balaban J connectivity index is 1.90. The molecule has 148 valence electrons. The van der Waals surface area contributed by atoms with Gasteiger partial charge in [0.2, 0.25) is 5.91 Å². The maximum atomic E-state index is 12.7. The van der Waals surface area contributed by atoms with Crippen LogP contribution in [0.4, 0.5) is 0 Å². The van der Waals surface area contributed by atoms with Gasteiger partial charge >= 0.3 is 0 Å². The van der Waals surface area contributed by atoms with E-state index in [0.717, 1.165) is 30.6 Å². The minimum atomic E-state index is 0.0713. The van der Waals surface area contributed by atoms with E-state index in [0.29, 0.717) is 31.9 Å². The number of likely N-dealkylation sites (N-methyl/N-ethyl adjacent to an activating group) is 1. The first-order chi connectivity index (χ1) is 12.9. The highest BCUT2D eigenvalue weighted by molar-refractivity contribution is 5.79. The van der Waals surface area contributed by atoms with Gasteiger partial charge in [-0.3, -0.25) is 14.7 Å². The van der Waals surface area contributed by atoms with Crippen molar-refractivity contribution in [3.63, 3.8) is 0 Å². The van der Waals surface area contributed by atoms with E-state index >= 15 is 0 Å². The van der Waals surface area contributed by atoms with Crippen LogP contribution < -0.4 is 4.74 Å². The SMILES string of the molecule is C=C(C)/N=C\CN(C)CC(=O)N1CCC[C@H]1COc1cccc(O)c1CC. The van der Waals surface area contributed by atoms with Crippen molar-refractivity contribution in [2.75, 3.05) is 33.3 Å². The van der Waals surface area contributed by atoms with Crippen LogP contribution in [-0.2, 0) is 11.2 Å². The third-order valence-electron chi connectivity index (χ3n) is 4.70. The average molecular weight is 373 g/mol. The lowest BCUT2D eigenvalue weighted by Crippen LogP contribution is -2.44. The summed E-state index contributed by atoms with van der Waals surface area (Å²) in [7, 11) is 1.91. The van der Waals surface area contributed by atoms with E-state index < -0.39 is 0 Å². The number of hydrogen-bond donors (Lipinski definition) is 1. The minimum absolute atomic E-state index is 0.0713. The van der Waals surface area contributed by atoms with Crippen LogP contribution in [0.25, 0.3) is 0 Å². The Hall–Kier alpha value is -2.34. The Bertz CT molecular complexity index is 687. The number of ether oxygens (including phenoxy) is 1. The largest absolute Gasteiger partial charge is 0.508 e. The molecular weight excluding hydrogens is 342 g/mol. The van der Waals surface area contributed by atoms with Crippen molar-refractivity contribution in [1.82, 2.24) is 9.80 Å². The number of carbonyl (C=O) groups is 1. The molecule has 0 bridgehead atoms. The number of amides is 1. The number of hydrogen-bond acceptors (Lipinski definition) is 5. The molecule has 0 radical (unpaired) electrons. The molecule has 1 aromatic rings. The molecule has 27 heavy (non-hydrogen) atoms. The van der Waals surface area contributed by atoms with Gasteiger partial charge in [0.25, 0.3) is 0 Å². The molecule has 1 aliphatic rings. The zero-order chi connectivity index (χ0) is 19.8. The topological polar surface area (TPSA) is 65.4 Å². The number of likely N-dealkylation sites (tertiary alicyclic amines) is 1. The van der Waals surface area contributed by atoms with E-state index in [1.165, 1.54) is 0 Å².